The molecule has 3 heteroatoms. The maximum Gasteiger partial charge on any atom is 0.341 e. The Morgan fingerprint density at radius 1 is 1.43 bits per heavy atom. The van der Waals surface area contributed by atoms with Crippen LogP contribution in [0.15, 0.2) is 24.3 Å². The first kappa shape index (κ1) is 9.21. The van der Waals surface area contributed by atoms with Gasteiger partial charge in [0.15, 0.2) is 0 Å². The van der Waals surface area contributed by atoms with Gasteiger partial charge in [-0.1, -0.05) is 25.1 Å². The summed E-state index contributed by atoms with van der Waals surface area (Å²) in [7, 11) is 0. The molecule has 0 saturated heterocycles. The van der Waals surface area contributed by atoms with Crippen molar-refractivity contribution in [3.63, 3.8) is 0 Å². The van der Waals surface area contributed by atoms with Gasteiger partial charge in [-0.25, -0.2) is 4.79 Å². The molecule has 1 N–H and O–H groups in total. The van der Waals surface area contributed by atoms with Gasteiger partial charge >= 0.3 is 5.97 Å². The van der Waals surface area contributed by atoms with Crippen molar-refractivity contribution in [1.29, 1.82) is 0 Å². The number of carbonyl (C=O) groups is 1. The number of benzene rings is 1. The van der Waals surface area contributed by atoms with Crippen molar-refractivity contribution in [2.45, 2.75) is 25.6 Å². The number of carbonyl (C=O) groups excluding carboxylic acids is 1. The third kappa shape index (κ3) is 1.21. The van der Waals surface area contributed by atoms with E-state index in [1.807, 2.05) is 6.92 Å². The van der Waals surface area contributed by atoms with Gasteiger partial charge in [-0.3, -0.25) is 0 Å². The highest BCUT2D eigenvalue weighted by molar-refractivity contribution is 5.94. The van der Waals surface area contributed by atoms with E-state index in [0.29, 0.717) is 17.5 Å². The van der Waals surface area contributed by atoms with Gasteiger partial charge in [0, 0.05) is 12.0 Å². The summed E-state index contributed by atoms with van der Waals surface area (Å²) in [5.41, 5.74) is 1.07. The Bertz CT molecular complexity index is 373. The first-order valence-corrected chi connectivity index (χ1v) is 4.72. The minimum Gasteiger partial charge on any atom is -0.425 e. The molecule has 3 nitrogen and oxygen atoms in total. The fourth-order valence-corrected chi connectivity index (χ4v) is 1.79. The summed E-state index contributed by atoms with van der Waals surface area (Å²) >= 11 is 0. The molecule has 74 valence electrons. The van der Waals surface area contributed by atoms with Gasteiger partial charge in [0.25, 0.3) is 0 Å². The second kappa shape index (κ2) is 3.10. The normalized spacial score (nSPS) is 24.6. The zero-order valence-electron chi connectivity index (χ0n) is 7.99. The van der Waals surface area contributed by atoms with Crippen LogP contribution in [0.4, 0.5) is 0 Å². The summed E-state index contributed by atoms with van der Waals surface area (Å²) in [6.45, 7) is 1.94. The summed E-state index contributed by atoms with van der Waals surface area (Å²) in [4.78, 5) is 11.4. The SMILES string of the molecule is CCCC1(O)OC(=O)c2ccccc21. The van der Waals surface area contributed by atoms with Crippen LogP contribution in [0.5, 0.6) is 0 Å². The zero-order valence-corrected chi connectivity index (χ0v) is 7.99. The highest BCUT2D eigenvalue weighted by Gasteiger charge is 2.42. The van der Waals surface area contributed by atoms with Gasteiger partial charge < -0.3 is 9.84 Å². The Balaban J connectivity index is 2.48. The van der Waals surface area contributed by atoms with Crippen LogP contribution in [0.3, 0.4) is 0 Å². The maximum atomic E-state index is 11.4. The van der Waals surface area contributed by atoms with Crippen molar-refractivity contribution in [2.24, 2.45) is 0 Å². The van der Waals surface area contributed by atoms with Gasteiger partial charge in [-0.05, 0) is 12.5 Å². The number of cyclic esters (lactones) is 1. The van der Waals surface area contributed by atoms with Gasteiger partial charge in [-0.2, -0.15) is 0 Å². The number of hydrogen-bond donors (Lipinski definition) is 1. The van der Waals surface area contributed by atoms with Crippen LogP contribution < -0.4 is 0 Å². The number of rotatable bonds is 2. The first-order chi connectivity index (χ1) is 6.67. The van der Waals surface area contributed by atoms with Crippen molar-refractivity contribution in [3.8, 4) is 0 Å². The lowest BCUT2D eigenvalue weighted by Gasteiger charge is -2.21. The second-order valence-electron chi connectivity index (χ2n) is 3.47. The molecule has 2 rings (SSSR count). The predicted molar refractivity (Wildman–Crippen MR) is 50.7 cm³/mol. The van der Waals surface area contributed by atoms with Gasteiger partial charge in [0.2, 0.25) is 5.79 Å². The molecule has 0 saturated carbocycles. The zero-order chi connectivity index (χ0) is 10.2. The molecule has 1 aliphatic heterocycles. The highest BCUT2D eigenvalue weighted by atomic mass is 16.7. The molecule has 14 heavy (non-hydrogen) atoms. The smallest absolute Gasteiger partial charge is 0.341 e. The standard InChI is InChI=1S/C11H12O3/c1-2-7-11(13)9-6-4-3-5-8(9)10(12)14-11/h3-6,13H,2,7H2,1H3. The molecule has 1 aromatic rings. The molecule has 0 aromatic heterocycles. The molecule has 0 fully saturated rings. The molecule has 1 aromatic carbocycles. The molecule has 1 heterocycles. The third-order valence-corrected chi connectivity index (χ3v) is 2.42. The molecule has 1 unspecified atom stereocenters. The number of ether oxygens (including phenoxy) is 1. The first-order valence-electron chi connectivity index (χ1n) is 4.72. The van der Waals surface area contributed by atoms with Crippen molar-refractivity contribution in [3.05, 3.63) is 35.4 Å². The van der Waals surface area contributed by atoms with E-state index in [9.17, 15) is 9.90 Å². The lowest BCUT2D eigenvalue weighted by atomic mass is 9.99. The van der Waals surface area contributed by atoms with Crippen molar-refractivity contribution in [1.82, 2.24) is 0 Å². The van der Waals surface area contributed by atoms with Crippen LogP contribution in [0.25, 0.3) is 0 Å². The molecule has 1 atom stereocenters. The van der Waals surface area contributed by atoms with E-state index in [1.54, 1.807) is 24.3 Å². The van der Waals surface area contributed by atoms with E-state index < -0.39 is 11.8 Å². The quantitative estimate of drug-likeness (QED) is 0.727. The van der Waals surface area contributed by atoms with Gasteiger partial charge in [0.1, 0.15) is 0 Å². The Morgan fingerprint density at radius 2 is 2.14 bits per heavy atom. The second-order valence-corrected chi connectivity index (χ2v) is 3.47. The van der Waals surface area contributed by atoms with Crippen molar-refractivity contribution in [2.75, 3.05) is 0 Å². The Kier molecular flexibility index (Phi) is 2.04. The minimum atomic E-state index is -1.40. The number of aliphatic hydroxyl groups is 1. The van der Waals surface area contributed by atoms with Crippen LogP contribution in [-0.4, -0.2) is 11.1 Å². The van der Waals surface area contributed by atoms with E-state index in [-0.39, 0.29) is 0 Å². The van der Waals surface area contributed by atoms with Crippen LogP contribution in [-0.2, 0) is 10.5 Å². The minimum absolute atomic E-state index is 0.434. The van der Waals surface area contributed by atoms with Crippen LogP contribution in [0.1, 0.15) is 35.7 Å². The fraction of sp³-hybridized carbons (Fsp3) is 0.364. The molecular weight excluding hydrogens is 180 g/mol. The third-order valence-electron chi connectivity index (χ3n) is 2.42. The van der Waals surface area contributed by atoms with E-state index in [2.05, 4.69) is 0 Å². The monoisotopic (exact) mass is 192 g/mol. The van der Waals surface area contributed by atoms with E-state index >= 15 is 0 Å². The Hall–Kier alpha value is -1.35. The van der Waals surface area contributed by atoms with E-state index in [1.165, 1.54) is 0 Å². The molecule has 0 radical (unpaired) electrons. The number of esters is 1. The summed E-state index contributed by atoms with van der Waals surface area (Å²) in [5, 5.41) is 10.1. The summed E-state index contributed by atoms with van der Waals surface area (Å²) in [5.74, 6) is -1.83. The van der Waals surface area contributed by atoms with Crippen molar-refractivity contribution < 1.29 is 14.6 Å². The Labute approximate surface area is 82.3 Å². The largest absolute Gasteiger partial charge is 0.425 e. The van der Waals surface area contributed by atoms with Gasteiger partial charge in [-0.15, -0.1) is 0 Å². The average molecular weight is 192 g/mol. The summed E-state index contributed by atoms with van der Waals surface area (Å²) in [6.07, 6.45) is 1.20. The molecule has 0 spiro atoms. The lowest BCUT2D eigenvalue weighted by molar-refractivity contribution is -0.167. The van der Waals surface area contributed by atoms with Crippen molar-refractivity contribution >= 4 is 5.97 Å². The number of hydrogen-bond acceptors (Lipinski definition) is 3. The maximum absolute atomic E-state index is 11.4. The van der Waals surface area contributed by atoms with Gasteiger partial charge in [0.05, 0.1) is 5.56 Å². The topological polar surface area (TPSA) is 46.5 Å². The Morgan fingerprint density at radius 3 is 2.86 bits per heavy atom. The predicted octanol–water partition coefficient (Wildman–Crippen LogP) is 1.80. The molecule has 1 aliphatic rings. The van der Waals surface area contributed by atoms with Crippen LogP contribution in [0.2, 0.25) is 0 Å². The number of fused-ring (bicyclic) bond motifs is 1. The lowest BCUT2D eigenvalue weighted by Crippen LogP contribution is -2.25. The molecule has 0 bridgehead atoms. The average Bonchev–Trinajstić information content (AvgIpc) is 2.41. The van der Waals surface area contributed by atoms with Crippen LogP contribution >= 0.6 is 0 Å². The summed E-state index contributed by atoms with van der Waals surface area (Å²) < 4.78 is 4.98. The van der Waals surface area contributed by atoms with E-state index in [4.69, 9.17) is 4.74 Å². The van der Waals surface area contributed by atoms with Crippen LogP contribution in [0, 0.1) is 0 Å². The molecule has 0 amide bonds. The highest BCUT2D eigenvalue weighted by Crippen LogP contribution is 2.37. The summed E-state index contributed by atoms with van der Waals surface area (Å²) in [6, 6.07) is 6.96. The molecular formula is C11H12O3. The fourth-order valence-electron chi connectivity index (χ4n) is 1.79. The van der Waals surface area contributed by atoms with E-state index in [0.717, 1.165) is 6.42 Å². The molecule has 0 aliphatic carbocycles.